The summed E-state index contributed by atoms with van der Waals surface area (Å²) in [6.07, 6.45) is 20.8. The molecule has 2 aliphatic rings. The van der Waals surface area contributed by atoms with Crippen molar-refractivity contribution in [1.29, 1.82) is 0 Å². The van der Waals surface area contributed by atoms with Crippen LogP contribution in [0.3, 0.4) is 0 Å². The molecule has 2 nitrogen and oxygen atoms in total. The van der Waals surface area contributed by atoms with E-state index in [1.54, 1.807) is 12.2 Å². The van der Waals surface area contributed by atoms with Crippen LogP contribution in [0.2, 0.25) is 0 Å². The lowest BCUT2D eigenvalue weighted by Crippen LogP contribution is -2.10. The number of nitrogens with zero attached hydrogens (tertiary/aromatic N) is 1. The van der Waals surface area contributed by atoms with Gasteiger partial charge in [0.1, 0.15) is 0 Å². The quantitative estimate of drug-likeness (QED) is 0.703. The minimum Gasteiger partial charge on any atom is -0.350 e. The zero-order valence-electron chi connectivity index (χ0n) is 10.1. The maximum atomic E-state index is 11.0. The third kappa shape index (κ3) is 3.32. The van der Waals surface area contributed by atoms with E-state index < -0.39 is 0 Å². The first-order chi connectivity index (χ1) is 8.78. The van der Waals surface area contributed by atoms with Crippen LogP contribution in [0, 0.1) is 0 Å². The second-order valence-electron chi connectivity index (χ2n) is 4.02. The van der Waals surface area contributed by atoms with Gasteiger partial charge in [0.05, 0.1) is 0 Å². The second-order valence-corrected chi connectivity index (χ2v) is 4.02. The maximum Gasteiger partial charge on any atom is 0.178 e. The van der Waals surface area contributed by atoms with Crippen molar-refractivity contribution >= 4 is 5.78 Å². The second kappa shape index (κ2) is 5.82. The SMILES string of the molecule is C=CCN1C=CC(=CC=C2C=CC(=O)C=C2)C=C1. The summed E-state index contributed by atoms with van der Waals surface area (Å²) >= 11 is 0. The van der Waals surface area contributed by atoms with Gasteiger partial charge in [-0.25, -0.2) is 0 Å². The summed E-state index contributed by atoms with van der Waals surface area (Å²) in [4.78, 5) is 13.0. The Hall–Kier alpha value is -2.35. The first kappa shape index (κ1) is 12.1. The van der Waals surface area contributed by atoms with Crippen molar-refractivity contribution in [3.05, 3.63) is 84.8 Å². The monoisotopic (exact) mass is 237 g/mol. The molecule has 0 N–H and O–H groups in total. The predicted molar refractivity (Wildman–Crippen MR) is 74.6 cm³/mol. The van der Waals surface area contributed by atoms with Crippen molar-refractivity contribution < 1.29 is 4.79 Å². The van der Waals surface area contributed by atoms with Crippen molar-refractivity contribution in [2.45, 2.75) is 0 Å². The molecule has 18 heavy (non-hydrogen) atoms. The van der Waals surface area contributed by atoms with Crippen LogP contribution >= 0.6 is 0 Å². The number of allylic oxidation sites excluding steroid dienone is 10. The Balaban J connectivity index is 2.02. The molecule has 0 aromatic carbocycles. The zero-order valence-corrected chi connectivity index (χ0v) is 10.1. The smallest absolute Gasteiger partial charge is 0.178 e. The summed E-state index contributed by atoms with van der Waals surface area (Å²) in [5.74, 6) is 0.0392. The van der Waals surface area contributed by atoms with E-state index in [2.05, 4.69) is 11.5 Å². The number of rotatable bonds is 3. The number of hydrogen-bond donors (Lipinski definition) is 0. The van der Waals surface area contributed by atoms with Crippen molar-refractivity contribution in [3.63, 3.8) is 0 Å². The molecule has 2 heteroatoms. The first-order valence-corrected chi connectivity index (χ1v) is 5.83. The van der Waals surface area contributed by atoms with Gasteiger partial charge < -0.3 is 4.90 Å². The van der Waals surface area contributed by atoms with E-state index in [9.17, 15) is 4.79 Å². The highest BCUT2D eigenvalue weighted by Crippen LogP contribution is 2.12. The van der Waals surface area contributed by atoms with Crippen LogP contribution in [0.25, 0.3) is 0 Å². The first-order valence-electron chi connectivity index (χ1n) is 5.83. The molecule has 0 radical (unpaired) electrons. The number of hydrogen-bond acceptors (Lipinski definition) is 2. The molecule has 0 bridgehead atoms. The van der Waals surface area contributed by atoms with Gasteiger partial charge in [-0.1, -0.05) is 30.4 Å². The lowest BCUT2D eigenvalue weighted by atomic mass is 10.1. The minimum atomic E-state index is 0.0392. The molecule has 1 aliphatic carbocycles. The van der Waals surface area contributed by atoms with Gasteiger partial charge in [0.25, 0.3) is 0 Å². The van der Waals surface area contributed by atoms with Crippen LogP contribution in [-0.2, 0) is 4.79 Å². The summed E-state index contributed by atoms with van der Waals surface area (Å²) in [5.41, 5.74) is 2.15. The van der Waals surface area contributed by atoms with Crippen LogP contribution in [-0.4, -0.2) is 17.2 Å². The molecule has 1 aliphatic heterocycles. The van der Waals surface area contributed by atoms with Gasteiger partial charge in [0, 0.05) is 18.9 Å². The molecule has 2 rings (SSSR count). The number of ketones is 1. The van der Waals surface area contributed by atoms with Crippen molar-refractivity contribution in [2.24, 2.45) is 0 Å². The van der Waals surface area contributed by atoms with Crippen LogP contribution in [0.15, 0.2) is 84.8 Å². The van der Waals surface area contributed by atoms with E-state index >= 15 is 0 Å². The molecular weight excluding hydrogens is 222 g/mol. The standard InChI is InChI=1S/C16H15NO/c1-2-11-17-12-9-15(10-13-17)4-3-14-5-7-16(18)8-6-14/h2-10,12-13H,1,11H2. The Morgan fingerprint density at radius 1 is 0.944 bits per heavy atom. The molecule has 0 saturated carbocycles. The third-order valence-corrected chi connectivity index (χ3v) is 2.61. The van der Waals surface area contributed by atoms with Gasteiger partial charge >= 0.3 is 0 Å². The normalized spacial score (nSPS) is 17.3. The lowest BCUT2D eigenvalue weighted by molar-refractivity contribution is -0.110. The summed E-state index contributed by atoms with van der Waals surface area (Å²) in [6.45, 7) is 4.52. The van der Waals surface area contributed by atoms with Crippen molar-refractivity contribution in [2.75, 3.05) is 6.54 Å². The van der Waals surface area contributed by atoms with Gasteiger partial charge in [0.15, 0.2) is 5.78 Å². The Labute approximate surface area is 107 Å². The molecule has 90 valence electrons. The Morgan fingerprint density at radius 2 is 1.50 bits per heavy atom. The highest BCUT2D eigenvalue weighted by Gasteiger charge is 1.99. The Bertz CT molecular complexity index is 493. The largest absolute Gasteiger partial charge is 0.350 e. The van der Waals surface area contributed by atoms with Gasteiger partial charge in [-0.2, -0.15) is 0 Å². The minimum absolute atomic E-state index is 0.0392. The zero-order chi connectivity index (χ0) is 12.8. The molecule has 0 fully saturated rings. The van der Waals surface area contributed by atoms with Crippen LogP contribution in [0.1, 0.15) is 0 Å². The molecule has 0 aromatic rings. The van der Waals surface area contributed by atoms with E-state index in [1.165, 1.54) is 0 Å². The molecule has 0 unspecified atom stereocenters. The van der Waals surface area contributed by atoms with Gasteiger partial charge in [-0.15, -0.1) is 6.58 Å². The Morgan fingerprint density at radius 3 is 2.06 bits per heavy atom. The van der Waals surface area contributed by atoms with E-state index in [4.69, 9.17) is 0 Å². The number of carbonyl (C=O) groups is 1. The molecular formula is C16H15NO. The van der Waals surface area contributed by atoms with Crippen LogP contribution in [0.5, 0.6) is 0 Å². The average Bonchev–Trinajstić information content (AvgIpc) is 2.40. The van der Waals surface area contributed by atoms with E-state index in [0.29, 0.717) is 0 Å². The topological polar surface area (TPSA) is 20.3 Å². The van der Waals surface area contributed by atoms with Crippen LogP contribution < -0.4 is 0 Å². The fourth-order valence-electron chi connectivity index (χ4n) is 1.62. The fraction of sp³-hybridized carbons (Fsp3) is 0.0625. The van der Waals surface area contributed by atoms with Crippen molar-refractivity contribution in [3.8, 4) is 0 Å². The summed E-state index contributed by atoms with van der Waals surface area (Å²) in [7, 11) is 0. The lowest BCUT2D eigenvalue weighted by Gasteiger charge is -2.16. The third-order valence-electron chi connectivity index (χ3n) is 2.61. The highest BCUT2D eigenvalue weighted by molar-refractivity contribution is 6.01. The maximum absolute atomic E-state index is 11.0. The van der Waals surface area contributed by atoms with E-state index in [1.807, 2.05) is 54.9 Å². The summed E-state index contributed by atoms with van der Waals surface area (Å²) < 4.78 is 0. The fourth-order valence-corrected chi connectivity index (χ4v) is 1.62. The van der Waals surface area contributed by atoms with Gasteiger partial charge in [-0.05, 0) is 35.5 Å². The molecule has 0 aromatic heterocycles. The van der Waals surface area contributed by atoms with Gasteiger partial charge in [0.2, 0.25) is 0 Å². The molecule has 0 atom stereocenters. The number of carbonyl (C=O) groups excluding carboxylic acids is 1. The van der Waals surface area contributed by atoms with Crippen LogP contribution in [0.4, 0.5) is 0 Å². The molecule has 0 saturated heterocycles. The highest BCUT2D eigenvalue weighted by atomic mass is 16.1. The molecule has 0 spiro atoms. The molecule has 1 heterocycles. The Kier molecular flexibility index (Phi) is 3.92. The van der Waals surface area contributed by atoms with E-state index in [-0.39, 0.29) is 5.78 Å². The predicted octanol–water partition coefficient (Wildman–Crippen LogP) is 3.06. The summed E-state index contributed by atoms with van der Waals surface area (Å²) in [6, 6.07) is 0. The average molecular weight is 237 g/mol. The molecule has 0 amide bonds. The van der Waals surface area contributed by atoms with Gasteiger partial charge in [-0.3, -0.25) is 4.79 Å². The summed E-state index contributed by atoms with van der Waals surface area (Å²) in [5, 5.41) is 0. The van der Waals surface area contributed by atoms with E-state index in [0.717, 1.165) is 17.7 Å². The van der Waals surface area contributed by atoms with Crippen molar-refractivity contribution in [1.82, 2.24) is 4.90 Å².